The third-order valence-corrected chi connectivity index (χ3v) is 4.25. The van der Waals surface area contributed by atoms with Crippen LogP contribution in [0.5, 0.6) is 17.2 Å². The Morgan fingerprint density at radius 2 is 1.11 bits per heavy atom. The molecule has 0 aliphatic heterocycles. The van der Waals surface area contributed by atoms with Crippen LogP contribution >= 0.6 is 0 Å². The molecule has 0 aliphatic rings. The van der Waals surface area contributed by atoms with Crippen molar-refractivity contribution in [3.8, 4) is 17.2 Å². The maximum absolute atomic E-state index is 5.78. The summed E-state index contributed by atoms with van der Waals surface area (Å²) in [5, 5.41) is 0. The van der Waals surface area contributed by atoms with Crippen LogP contribution in [-0.4, -0.2) is 19.8 Å². The van der Waals surface area contributed by atoms with Gasteiger partial charge in [0, 0.05) is 6.42 Å². The van der Waals surface area contributed by atoms with Gasteiger partial charge in [0.05, 0.1) is 13.2 Å². The molecule has 4 heteroatoms. The first kappa shape index (κ1) is 19.8. The van der Waals surface area contributed by atoms with Crippen molar-refractivity contribution in [1.82, 2.24) is 0 Å². The van der Waals surface area contributed by atoms with Crippen molar-refractivity contribution in [1.29, 1.82) is 0 Å². The second-order valence-corrected chi connectivity index (χ2v) is 6.48. The van der Waals surface area contributed by atoms with Crippen molar-refractivity contribution < 1.29 is 14.2 Å². The molecule has 0 atom stereocenters. The highest BCUT2D eigenvalue weighted by atomic mass is 16.5. The topological polar surface area (TPSA) is 53.7 Å². The highest BCUT2D eigenvalue weighted by Crippen LogP contribution is 2.19. The third kappa shape index (κ3) is 6.63. The number of hydrogen-bond donors (Lipinski definition) is 1. The molecule has 3 rings (SSSR count). The van der Waals surface area contributed by atoms with Gasteiger partial charge in [-0.1, -0.05) is 42.5 Å². The van der Waals surface area contributed by atoms with E-state index in [1.54, 1.807) is 0 Å². The van der Waals surface area contributed by atoms with Gasteiger partial charge in [-0.15, -0.1) is 0 Å². The average molecular weight is 377 g/mol. The molecule has 0 spiro atoms. The van der Waals surface area contributed by atoms with E-state index in [0.717, 1.165) is 35.7 Å². The first-order valence-corrected chi connectivity index (χ1v) is 9.65. The fourth-order valence-electron chi connectivity index (χ4n) is 2.73. The summed E-state index contributed by atoms with van der Waals surface area (Å²) in [4.78, 5) is 0. The number of ether oxygens (including phenoxy) is 3. The SMILES string of the molecule is NCCc1ccc(OCCCOc2ccc(OCc3ccccc3)cc2)cc1. The standard InChI is InChI=1S/C24H27NO3/c25-16-15-20-7-9-22(10-8-20)26-17-4-18-27-23-11-13-24(14-12-23)28-19-21-5-2-1-3-6-21/h1-3,5-14H,4,15-19,25H2. The predicted octanol–water partition coefficient (Wildman–Crippen LogP) is 4.61. The Kier molecular flexibility index (Phi) is 7.77. The van der Waals surface area contributed by atoms with E-state index in [2.05, 4.69) is 12.1 Å². The van der Waals surface area contributed by atoms with Crippen LogP contribution in [-0.2, 0) is 13.0 Å². The van der Waals surface area contributed by atoms with Gasteiger partial charge in [0.15, 0.2) is 0 Å². The molecule has 0 saturated heterocycles. The minimum Gasteiger partial charge on any atom is -0.493 e. The minimum absolute atomic E-state index is 0.561. The van der Waals surface area contributed by atoms with Crippen LogP contribution in [0.25, 0.3) is 0 Å². The van der Waals surface area contributed by atoms with Gasteiger partial charge in [0.1, 0.15) is 23.9 Å². The van der Waals surface area contributed by atoms with E-state index >= 15 is 0 Å². The Morgan fingerprint density at radius 1 is 0.571 bits per heavy atom. The number of rotatable bonds is 11. The van der Waals surface area contributed by atoms with Crippen molar-refractivity contribution in [2.45, 2.75) is 19.4 Å². The summed E-state index contributed by atoms with van der Waals surface area (Å²) in [5.41, 5.74) is 7.94. The monoisotopic (exact) mass is 377 g/mol. The lowest BCUT2D eigenvalue weighted by Gasteiger charge is -2.10. The van der Waals surface area contributed by atoms with E-state index in [0.29, 0.717) is 26.4 Å². The van der Waals surface area contributed by atoms with Gasteiger partial charge < -0.3 is 19.9 Å². The zero-order valence-corrected chi connectivity index (χ0v) is 16.1. The third-order valence-electron chi connectivity index (χ3n) is 4.25. The second-order valence-electron chi connectivity index (χ2n) is 6.48. The van der Waals surface area contributed by atoms with Crippen LogP contribution in [0.1, 0.15) is 17.5 Å². The van der Waals surface area contributed by atoms with E-state index in [-0.39, 0.29) is 0 Å². The molecule has 3 aromatic carbocycles. The summed E-state index contributed by atoms with van der Waals surface area (Å²) in [6, 6.07) is 25.9. The van der Waals surface area contributed by atoms with E-state index in [1.165, 1.54) is 5.56 Å². The summed E-state index contributed by atoms with van der Waals surface area (Å²) in [5.74, 6) is 2.54. The summed E-state index contributed by atoms with van der Waals surface area (Å²) in [6.07, 6.45) is 1.71. The fourth-order valence-corrected chi connectivity index (χ4v) is 2.73. The van der Waals surface area contributed by atoms with Crippen LogP contribution in [0.3, 0.4) is 0 Å². The maximum atomic E-state index is 5.78. The highest BCUT2D eigenvalue weighted by molar-refractivity contribution is 5.31. The highest BCUT2D eigenvalue weighted by Gasteiger charge is 1.99. The molecular weight excluding hydrogens is 350 g/mol. The first-order chi connectivity index (χ1) is 13.8. The molecule has 0 amide bonds. The maximum Gasteiger partial charge on any atom is 0.120 e. The smallest absolute Gasteiger partial charge is 0.120 e. The lowest BCUT2D eigenvalue weighted by molar-refractivity contribution is 0.247. The summed E-state index contributed by atoms with van der Waals surface area (Å²) in [7, 11) is 0. The number of benzene rings is 3. The normalized spacial score (nSPS) is 10.5. The van der Waals surface area contributed by atoms with Crippen LogP contribution in [0, 0.1) is 0 Å². The zero-order chi connectivity index (χ0) is 19.4. The van der Waals surface area contributed by atoms with Crippen LogP contribution in [0.15, 0.2) is 78.9 Å². The van der Waals surface area contributed by atoms with Crippen molar-refractivity contribution >= 4 is 0 Å². The van der Waals surface area contributed by atoms with Gasteiger partial charge in [-0.25, -0.2) is 0 Å². The molecule has 0 saturated carbocycles. The molecule has 0 bridgehead atoms. The molecule has 146 valence electrons. The Hall–Kier alpha value is -2.98. The molecular formula is C24H27NO3. The average Bonchev–Trinajstić information content (AvgIpc) is 2.75. The number of nitrogens with two attached hydrogens (primary N) is 1. The Bertz CT molecular complexity index is 802. The molecule has 4 nitrogen and oxygen atoms in total. The summed E-state index contributed by atoms with van der Waals surface area (Å²) < 4.78 is 17.3. The van der Waals surface area contributed by atoms with Crippen LogP contribution in [0.4, 0.5) is 0 Å². The van der Waals surface area contributed by atoms with Gasteiger partial charge >= 0.3 is 0 Å². The van der Waals surface area contributed by atoms with E-state index in [4.69, 9.17) is 19.9 Å². The lowest BCUT2D eigenvalue weighted by Crippen LogP contribution is -2.05. The predicted molar refractivity (Wildman–Crippen MR) is 112 cm³/mol. The molecule has 0 radical (unpaired) electrons. The Labute approximate surface area is 166 Å². The van der Waals surface area contributed by atoms with Gasteiger partial charge in [0.2, 0.25) is 0 Å². The van der Waals surface area contributed by atoms with Gasteiger partial charge in [-0.2, -0.15) is 0 Å². The van der Waals surface area contributed by atoms with Gasteiger partial charge in [0.25, 0.3) is 0 Å². The molecule has 3 aromatic rings. The van der Waals surface area contributed by atoms with Crippen LogP contribution < -0.4 is 19.9 Å². The van der Waals surface area contributed by atoms with E-state index in [1.807, 2.05) is 66.7 Å². The van der Waals surface area contributed by atoms with Crippen molar-refractivity contribution in [2.75, 3.05) is 19.8 Å². The Morgan fingerprint density at radius 3 is 1.68 bits per heavy atom. The van der Waals surface area contributed by atoms with Crippen LogP contribution in [0.2, 0.25) is 0 Å². The van der Waals surface area contributed by atoms with Gasteiger partial charge in [-0.05, 0) is 60.5 Å². The van der Waals surface area contributed by atoms with E-state index in [9.17, 15) is 0 Å². The molecule has 2 N–H and O–H groups in total. The summed E-state index contributed by atoms with van der Waals surface area (Å²) >= 11 is 0. The fraction of sp³-hybridized carbons (Fsp3) is 0.250. The molecule has 0 unspecified atom stereocenters. The summed E-state index contributed by atoms with van der Waals surface area (Å²) in [6.45, 7) is 2.45. The first-order valence-electron chi connectivity index (χ1n) is 9.65. The second kappa shape index (κ2) is 11.0. The van der Waals surface area contributed by atoms with Crippen molar-refractivity contribution in [3.05, 3.63) is 90.0 Å². The molecule has 0 fully saturated rings. The minimum atomic E-state index is 0.561. The lowest BCUT2D eigenvalue weighted by atomic mass is 10.1. The zero-order valence-electron chi connectivity index (χ0n) is 16.1. The quantitative estimate of drug-likeness (QED) is 0.496. The Balaban J connectivity index is 1.32. The molecule has 0 aromatic heterocycles. The molecule has 28 heavy (non-hydrogen) atoms. The largest absolute Gasteiger partial charge is 0.493 e. The number of hydrogen-bond acceptors (Lipinski definition) is 4. The molecule has 0 heterocycles. The molecule has 0 aliphatic carbocycles. The van der Waals surface area contributed by atoms with E-state index < -0.39 is 0 Å². The van der Waals surface area contributed by atoms with Gasteiger partial charge in [-0.3, -0.25) is 0 Å². The van der Waals surface area contributed by atoms with Crippen molar-refractivity contribution in [2.24, 2.45) is 5.73 Å². The van der Waals surface area contributed by atoms with Crippen molar-refractivity contribution in [3.63, 3.8) is 0 Å².